The van der Waals surface area contributed by atoms with Gasteiger partial charge in [-0.1, -0.05) is 0 Å². The predicted molar refractivity (Wildman–Crippen MR) is 67.5 cm³/mol. The van der Waals surface area contributed by atoms with Crippen molar-refractivity contribution in [2.45, 2.75) is 25.9 Å². The van der Waals surface area contributed by atoms with Crippen molar-refractivity contribution in [3.63, 3.8) is 0 Å². The minimum atomic E-state index is -0.911. The van der Waals surface area contributed by atoms with Gasteiger partial charge < -0.3 is 10.4 Å². The first-order valence-electron chi connectivity index (χ1n) is 6.12. The molecule has 1 aromatic heterocycles. The highest BCUT2D eigenvalue weighted by Gasteiger charge is 2.31. The summed E-state index contributed by atoms with van der Waals surface area (Å²) in [5.74, 6) is -0.911. The lowest BCUT2D eigenvalue weighted by atomic mass is 9.99. The Hall–Kier alpha value is -1.40. The molecule has 0 atom stereocenters. The molecular weight excluding hydrogens is 232 g/mol. The molecule has 0 aromatic carbocycles. The van der Waals surface area contributed by atoms with Crippen LogP contribution in [0.5, 0.6) is 0 Å². The Labute approximate surface area is 107 Å². The Balaban J connectivity index is 2.23. The maximum absolute atomic E-state index is 11.2. The average Bonchev–Trinajstić information content (AvgIpc) is 2.63. The molecule has 0 bridgehead atoms. The highest BCUT2D eigenvalue weighted by atomic mass is 16.4. The van der Waals surface area contributed by atoms with Gasteiger partial charge in [0.2, 0.25) is 0 Å². The van der Waals surface area contributed by atoms with Gasteiger partial charge in [0.1, 0.15) is 5.56 Å². The number of carboxylic acids is 1. The van der Waals surface area contributed by atoms with E-state index >= 15 is 0 Å². The molecule has 1 aliphatic rings. The minimum Gasteiger partial charge on any atom is -0.478 e. The molecule has 2 rings (SSSR count). The number of carboxylic acid groups (broad SMARTS) is 1. The van der Waals surface area contributed by atoms with E-state index in [2.05, 4.69) is 29.2 Å². The largest absolute Gasteiger partial charge is 0.478 e. The summed E-state index contributed by atoms with van der Waals surface area (Å²) in [5, 5.41) is 16.6. The van der Waals surface area contributed by atoms with Crippen molar-refractivity contribution in [2.24, 2.45) is 7.05 Å². The lowest BCUT2D eigenvalue weighted by Crippen LogP contribution is -2.57. The molecule has 2 N–H and O–H groups in total. The van der Waals surface area contributed by atoms with Crippen LogP contribution in [0.25, 0.3) is 0 Å². The van der Waals surface area contributed by atoms with Crippen LogP contribution in [0.15, 0.2) is 6.20 Å². The molecule has 6 heteroatoms. The summed E-state index contributed by atoms with van der Waals surface area (Å²) < 4.78 is 1.65. The minimum absolute atomic E-state index is 0.0261. The zero-order chi connectivity index (χ0) is 13.3. The third-order valence-electron chi connectivity index (χ3n) is 3.60. The van der Waals surface area contributed by atoms with E-state index in [1.54, 1.807) is 11.7 Å². The van der Waals surface area contributed by atoms with E-state index in [1.165, 1.54) is 6.20 Å². The lowest BCUT2D eigenvalue weighted by Gasteiger charge is -2.42. The smallest absolute Gasteiger partial charge is 0.339 e. The Bertz CT molecular complexity index is 453. The average molecular weight is 252 g/mol. The Kier molecular flexibility index (Phi) is 3.41. The quantitative estimate of drug-likeness (QED) is 0.810. The second-order valence-corrected chi connectivity index (χ2v) is 5.34. The van der Waals surface area contributed by atoms with Crippen LogP contribution >= 0.6 is 0 Å². The number of nitrogens with one attached hydrogen (secondary N) is 1. The molecule has 0 spiro atoms. The molecule has 0 aliphatic carbocycles. The van der Waals surface area contributed by atoms with Crippen LogP contribution in [0, 0.1) is 0 Å². The number of nitrogens with zero attached hydrogens (tertiary/aromatic N) is 3. The van der Waals surface area contributed by atoms with Crippen molar-refractivity contribution in [3.05, 3.63) is 17.5 Å². The molecule has 2 heterocycles. The molecule has 6 nitrogen and oxygen atoms in total. The molecule has 0 radical (unpaired) electrons. The van der Waals surface area contributed by atoms with Crippen LogP contribution in [0.3, 0.4) is 0 Å². The third-order valence-corrected chi connectivity index (χ3v) is 3.60. The Morgan fingerprint density at radius 1 is 1.61 bits per heavy atom. The van der Waals surface area contributed by atoms with Gasteiger partial charge in [0, 0.05) is 38.8 Å². The normalized spacial score (nSPS) is 19.9. The molecule has 1 saturated heterocycles. The zero-order valence-corrected chi connectivity index (χ0v) is 11.1. The van der Waals surface area contributed by atoms with E-state index < -0.39 is 5.97 Å². The number of aromatic carboxylic acids is 1. The highest BCUT2D eigenvalue weighted by Crippen LogP contribution is 2.20. The number of aryl methyl sites for hydroxylation is 1. The maximum atomic E-state index is 11.2. The van der Waals surface area contributed by atoms with Crippen LogP contribution < -0.4 is 5.32 Å². The molecule has 0 unspecified atom stereocenters. The van der Waals surface area contributed by atoms with Gasteiger partial charge in [-0.2, -0.15) is 5.10 Å². The lowest BCUT2D eigenvalue weighted by molar-refractivity contribution is 0.0673. The molecular formula is C12H20N4O2. The van der Waals surface area contributed by atoms with Crippen molar-refractivity contribution in [2.75, 3.05) is 19.6 Å². The summed E-state index contributed by atoms with van der Waals surface area (Å²) in [7, 11) is 1.79. The van der Waals surface area contributed by atoms with E-state index in [9.17, 15) is 4.79 Å². The van der Waals surface area contributed by atoms with Gasteiger partial charge in [0.15, 0.2) is 0 Å². The standard InChI is InChI=1S/C12H20N4O2/c1-12(2)8-13-4-5-16(12)7-10-9(11(17)18)6-14-15(10)3/h6,13H,4-5,7-8H2,1-3H3,(H,17,18). The molecule has 1 fully saturated rings. The summed E-state index contributed by atoms with van der Waals surface area (Å²) in [6, 6.07) is 0. The molecule has 1 aliphatic heterocycles. The van der Waals surface area contributed by atoms with E-state index in [0.29, 0.717) is 12.1 Å². The summed E-state index contributed by atoms with van der Waals surface area (Å²) in [5.41, 5.74) is 1.09. The number of aromatic nitrogens is 2. The summed E-state index contributed by atoms with van der Waals surface area (Å²) in [6.07, 6.45) is 1.42. The van der Waals surface area contributed by atoms with Crippen LogP contribution in [-0.4, -0.2) is 50.9 Å². The van der Waals surface area contributed by atoms with Crippen molar-refractivity contribution < 1.29 is 9.90 Å². The third kappa shape index (κ3) is 2.39. The van der Waals surface area contributed by atoms with Crippen LogP contribution in [0.2, 0.25) is 0 Å². The Morgan fingerprint density at radius 2 is 2.33 bits per heavy atom. The number of carbonyl (C=O) groups is 1. The van der Waals surface area contributed by atoms with Gasteiger partial charge in [-0.3, -0.25) is 9.58 Å². The Morgan fingerprint density at radius 3 is 2.94 bits per heavy atom. The molecule has 0 saturated carbocycles. The van der Waals surface area contributed by atoms with Gasteiger partial charge in [0.25, 0.3) is 0 Å². The summed E-state index contributed by atoms with van der Waals surface area (Å²) in [6.45, 7) is 7.70. The van der Waals surface area contributed by atoms with Gasteiger partial charge >= 0.3 is 5.97 Å². The number of piperazine rings is 1. The highest BCUT2D eigenvalue weighted by molar-refractivity contribution is 5.88. The van der Waals surface area contributed by atoms with Gasteiger partial charge in [-0.05, 0) is 13.8 Å². The van der Waals surface area contributed by atoms with Gasteiger partial charge in [0.05, 0.1) is 11.9 Å². The van der Waals surface area contributed by atoms with Crippen molar-refractivity contribution >= 4 is 5.97 Å². The van der Waals surface area contributed by atoms with E-state index in [4.69, 9.17) is 5.11 Å². The van der Waals surface area contributed by atoms with Crippen LogP contribution in [0.4, 0.5) is 0 Å². The van der Waals surface area contributed by atoms with E-state index in [0.717, 1.165) is 25.3 Å². The number of hydrogen-bond acceptors (Lipinski definition) is 4. The fourth-order valence-electron chi connectivity index (χ4n) is 2.33. The van der Waals surface area contributed by atoms with E-state index in [1.807, 2.05) is 0 Å². The second kappa shape index (κ2) is 4.70. The topological polar surface area (TPSA) is 70.4 Å². The van der Waals surface area contributed by atoms with Gasteiger partial charge in [-0.15, -0.1) is 0 Å². The number of hydrogen-bond donors (Lipinski definition) is 2. The SMILES string of the molecule is Cn1ncc(C(=O)O)c1CN1CCNCC1(C)C. The monoisotopic (exact) mass is 252 g/mol. The van der Waals surface area contributed by atoms with Crippen LogP contribution in [-0.2, 0) is 13.6 Å². The first kappa shape index (κ1) is 13.0. The fourth-order valence-corrected chi connectivity index (χ4v) is 2.33. The summed E-state index contributed by atoms with van der Waals surface area (Å²) >= 11 is 0. The van der Waals surface area contributed by atoms with Crippen molar-refractivity contribution in [1.29, 1.82) is 0 Å². The molecule has 100 valence electrons. The number of rotatable bonds is 3. The second-order valence-electron chi connectivity index (χ2n) is 5.34. The molecule has 18 heavy (non-hydrogen) atoms. The molecule has 1 aromatic rings. The van der Waals surface area contributed by atoms with Crippen LogP contribution in [0.1, 0.15) is 29.9 Å². The maximum Gasteiger partial charge on any atom is 0.339 e. The summed E-state index contributed by atoms with van der Waals surface area (Å²) in [4.78, 5) is 13.5. The molecule has 0 amide bonds. The fraction of sp³-hybridized carbons (Fsp3) is 0.667. The zero-order valence-electron chi connectivity index (χ0n) is 11.1. The first-order valence-corrected chi connectivity index (χ1v) is 6.12. The predicted octanol–water partition coefficient (Wildman–Crippen LogP) is 0.302. The van der Waals surface area contributed by atoms with Crippen molar-refractivity contribution in [3.8, 4) is 0 Å². The van der Waals surface area contributed by atoms with E-state index in [-0.39, 0.29) is 5.54 Å². The van der Waals surface area contributed by atoms with Crippen molar-refractivity contribution in [1.82, 2.24) is 20.0 Å². The van der Waals surface area contributed by atoms with Gasteiger partial charge in [-0.25, -0.2) is 4.79 Å². The first-order chi connectivity index (χ1) is 8.42.